The summed E-state index contributed by atoms with van der Waals surface area (Å²) in [6.45, 7) is -0.832. The molecule has 4 atom stereocenters. The molecule has 1 fully saturated rings. The minimum atomic E-state index is -5.66. The molecule has 15 nitrogen and oxygen atoms in total. The molecule has 0 spiro atoms. The van der Waals surface area contributed by atoms with E-state index < -0.39 is 47.6 Å². The first-order chi connectivity index (χ1) is 13.2. The number of hydrogen-bond acceptors (Lipinski definition) is 10. The molecule has 6 N–H and O–H groups in total. The Kier molecular flexibility index (Phi) is 6.91. The van der Waals surface area contributed by atoms with Gasteiger partial charge >= 0.3 is 29.2 Å². The summed E-state index contributed by atoms with van der Waals surface area (Å²) >= 11 is 0. The predicted molar refractivity (Wildman–Crippen MR) is 93.6 cm³/mol. The first-order valence-corrected chi connectivity index (χ1v) is 12.0. The average molecular weight is 475 g/mol. The van der Waals surface area contributed by atoms with E-state index in [9.17, 15) is 23.4 Å². The van der Waals surface area contributed by atoms with Gasteiger partial charge in [0.05, 0.1) is 6.61 Å². The quantitative estimate of drug-likeness (QED) is 0.243. The minimum Gasteiger partial charge on any atom is -0.383 e. The minimum absolute atomic E-state index is 0.0138. The van der Waals surface area contributed by atoms with E-state index in [4.69, 9.17) is 31.6 Å². The van der Waals surface area contributed by atoms with Crippen molar-refractivity contribution in [2.24, 2.45) is 0 Å². The van der Waals surface area contributed by atoms with Crippen LogP contribution in [0.4, 0.5) is 5.82 Å². The Morgan fingerprint density at radius 2 is 1.97 bits per heavy atom. The summed E-state index contributed by atoms with van der Waals surface area (Å²) in [5.74, 6) is 2.19. The third kappa shape index (κ3) is 6.82. The van der Waals surface area contributed by atoms with Crippen molar-refractivity contribution >= 4 is 29.3 Å². The van der Waals surface area contributed by atoms with E-state index in [1.807, 2.05) is 0 Å². The molecular formula is C11H16N3O12P3. The summed E-state index contributed by atoms with van der Waals surface area (Å²) in [6, 6.07) is 1.34. The maximum atomic E-state index is 11.9. The highest BCUT2D eigenvalue weighted by Gasteiger charge is 2.45. The van der Waals surface area contributed by atoms with Crippen molar-refractivity contribution in [2.45, 2.75) is 24.7 Å². The first kappa shape index (κ1) is 23.9. The van der Waals surface area contributed by atoms with Gasteiger partial charge in [0.1, 0.15) is 12.0 Å². The Morgan fingerprint density at radius 1 is 1.31 bits per heavy atom. The Hall–Kier alpha value is -1.39. The Labute approximate surface area is 162 Å². The Bertz CT molecular complexity index is 1010. The van der Waals surface area contributed by atoms with Crippen molar-refractivity contribution in [3.63, 3.8) is 0 Å². The fraction of sp³-hybridized carbons (Fsp3) is 0.455. The van der Waals surface area contributed by atoms with Crippen molar-refractivity contribution in [3.05, 3.63) is 22.7 Å². The van der Waals surface area contributed by atoms with Crippen LogP contribution in [0, 0.1) is 12.3 Å². The van der Waals surface area contributed by atoms with E-state index in [1.54, 1.807) is 0 Å². The molecule has 1 aromatic rings. The molecule has 1 aliphatic rings. The molecule has 2 rings (SSSR count). The molecule has 0 saturated carbocycles. The van der Waals surface area contributed by atoms with Crippen LogP contribution in [-0.2, 0) is 31.6 Å². The molecule has 0 bridgehead atoms. The topological polar surface area (TPSA) is 230 Å². The summed E-state index contributed by atoms with van der Waals surface area (Å²) in [7, 11) is -16.5. The Morgan fingerprint density at radius 3 is 2.52 bits per heavy atom. The fourth-order valence-corrected chi connectivity index (χ4v) is 5.39. The number of terminal acetylenes is 1. The highest BCUT2D eigenvalue weighted by Crippen LogP contribution is 2.66. The van der Waals surface area contributed by atoms with Gasteiger partial charge in [-0.25, -0.2) is 18.5 Å². The summed E-state index contributed by atoms with van der Waals surface area (Å²) in [4.78, 5) is 51.0. The fourth-order valence-electron chi connectivity index (χ4n) is 2.32. The number of aromatic nitrogens is 2. The lowest BCUT2D eigenvalue weighted by Gasteiger charge is -2.25. The largest absolute Gasteiger partial charge is 0.490 e. The third-order valence-corrected chi connectivity index (χ3v) is 7.24. The second-order valence-electron chi connectivity index (χ2n) is 5.66. The number of nitrogen functional groups attached to an aromatic ring is 1. The average Bonchev–Trinajstić information content (AvgIpc) is 2.94. The molecular weight excluding hydrogens is 459 g/mol. The van der Waals surface area contributed by atoms with Gasteiger partial charge in [-0.1, -0.05) is 5.92 Å². The maximum Gasteiger partial charge on any atom is 0.490 e. The summed E-state index contributed by atoms with van der Waals surface area (Å²) in [6.07, 6.45) is 6.01. The molecule has 29 heavy (non-hydrogen) atoms. The van der Waals surface area contributed by atoms with Crippen LogP contribution in [0.1, 0.15) is 19.1 Å². The van der Waals surface area contributed by atoms with E-state index in [1.165, 1.54) is 12.3 Å². The summed E-state index contributed by atoms with van der Waals surface area (Å²) < 4.78 is 52.1. The molecule has 0 amide bonds. The molecule has 2 heterocycles. The SMILES string of the molecule is C#CC1(COP(=O)(O)OP(=O)(O)OP(=O)(O)O)CCC(n2ccc(N)nc2=O)O1. The lowest BCUT2D eigenvalue weighted by Crippen LogP contribution is -2.34. The van der Waals surface area contributed by atoms with E-state index in [-0.39, 0.29) is 18.7 Å². The van der Waals surface area contributed by atoms with Crippen LogP contribution in [0.15, 0.2) is 17.1 Å². The highest BCUT2D eigenvalue weighted by atomic mass is 31.3. The Balaban J connectivity index is 2.07. The van der Waals surface area contributed by atoms with E-state index in [0.717, 1.165) is 4.57 Å². The van der Waals surface area contributed by atoms with Crippen molar-refractivity contribution < 1.29 is 51.2 Å². The second kappa shape index (κ2) is 8.39. The van der Waals surface area contributed by atoms with Gasteiger partial charge in [-0.15, -0.1) is 6.42 Å². The van der Waals surface area contributed by atoms with Gasteiger partial charge in [0.25, 0.3) is 0 Å². The van der Waals surface area contributed by atoms with Crippen LogP contribution in [-0.4, -0.2) is 41.3 Å². The number of rotatable bonds is 8. The molecule has 0 radical (unpaired) electrons. The standard InChI is InChI=1S/C11H16N3O12P3/c1-2-11(5-3-9(24-11)14-6-4-8(12)13-10(14)15)7-23-28(19,20)26-29(21,22)25-27(16,17)18/h1,4,6,9H,3,5,7H2,(H,19,20)(H,21,22)(H2,12,13,15)(H2,16,17,18). The molecule has 4 unspecified atom stereocenters. The zero-order valence-corrected chi connectivity index (χ0v) is 17.0. The summed E-state index contributed by atoms with van der Waals surface area (Å²) in [5, 5.41) is 0. The second-order valence-corrected chi connectivity index (χ2v) is 10.1. The molecule has 162 valence electrons. The zero-order chi connectivity index (χ0) is 22.1. The normalized spacial score (nSPS) is 26.4. The number of anilines is 1. The van der Waals surface area contributed by atoms with Crippen LogP contribution in [0.5, 0.6) is 0 Å². The molecule has 1 saturated heterocycles. The number of phosphoric acid groups is 3. The molecule has 0 aliphatic carbocycles. The number of nitrogens with two attached hydrogens (primary N) is 1. The third-order valence-electron chi connectivity index (χ3n) is 3.46. The molecule has 0 aromatic carbocycles. The first-order valence-electron chi connectivity index (χ1n) is 7.45. The van der Waals surface area contributed by atoms with Gasteiger partial charge in [-0.05, 0) is 18.9 Å². The molecule has 1 aliphatic heterocycles. The van der Waals surface area contributed by atoms with E-state index in [0.29, 0.717) is 0 Å². The number of hydrogen-bond donors (Lipinski definition) is 5. The van der Waals surface area contributed by atoms with E-state index >= 15 is 0 Å². The van der Waals surface area contributed by atoms with Crippen LogP contribution >= 0.6 is 23.5 Å². The van der Waals surface area contributed by atoms with Crippen molar-refractivity contribution in [3.8, 4) is 12.3 Å². The number of phosphoric ester groups is 1. The van der Waals surface area contributed by atoms with Crippen LogP contribution in [0.3, 0.4) is 0 Å². The predicted octanol–water partition coefficient (Wildman–Crippen LogP) is -0.150. The van der Waals surface area contributed by atoms with Gasteiger partial charge in [0, 0.05) is 6.20 Å². The number of nitrogens with zero attached hydrogens (tertiary/aromatic N) is 2. The lowest BCUT2D eigenvalue weighted by atomic mass is 10.0. The van der Waals surface area contributed by atoms with Crippen molar-refractivity contribution in [1.29, 1.82) is 0 Å². The smallest absolute Gasteiger partial charge is 0.383 e. The zero-order valence-electron chi connectivity index (χ0n) is 14.3. The number of ether oxygens (including phenoxy) is 1. The monoisotopic (exact) mass is 475 g/mol. The van der Waals surface area contributed by atoms with Crippen LogP contribution in [0.25, 0.3) is 0 Å². The van der Waals surface area contributed by atoms with Gasteiger partial charge in [0.15, 0.2) is 5.60 Å². The van der Waals surface area contributed by atoms with Crippen LogP contribution < -0.4 is 11.4 Å². The van der Waals surface area contributed by atoms with Crippen molar-refractivity contribution in [1.82, 2.24) is 9.55 Å². The van der Waals surface area contributed by atoms with Crippen LogP contribution in [0.2, 0.25) is 0 Å². The lowest BCUT2D eigenvalue weighted by molar-refractivity contribution is -0.0636. The van der Waals surface area contributed by atoms with Gasteiger partial charge < -0.3 is 30.0 Å². The molecule has 18 heteroatoms. The highest BCUT2D eigenvalue weighted by molar-refractivity contribution is 7.66. The molecule has 1 aromatic heterocycles. The van der Waals surface area contributed by atoms with Gasteiger partial charge in [-0.2, -0.15) is 13.6 Å². The van der Waals surface area contributed by atoms with Gasteiger partial charge in [0.2, 0.25) is 0 Å². The van der Waals surface area contributed by atoms with Gasteiger partial charge in [-0.3, -0.25) is 9.09 Å². The van der Waals surface area contributed by atoms with Crippen molar-refractivity contribution in [2.75, 3.05) is 12.3 Å². The van der Waals surface area contributed by atoms with E-state index in [2.05, 4.69) is 24.0 Å². The maximum absolute atomic E-state index is 11.9. The summed E-state index contributed by atoms with van der Waals surface area (Å²) in [5.41, 5.74) is 3.04.